The minimum atomic E-state index is -0.661. The highest BCUT2D eigenvalue weighted by atomic mass is 35.5. The van der Waals surface area contributed by atoms with Crippen LogP contribution in [-0.2, 0) is 16.0 Å². The molecule has 1 fully saturated rings. The molecule has 2 aromatic rings. The third-order valence-electron chi connectivity index (χ3n) is 6.21. The van der Waals surface area contributed by atoms with Gasteiger partial charge in [-0.2, -0.15) is 0 Å². The van der Waals surface area contributed by atoms with Crippen LogP contribution in [0.25, 0.3) is 0 Å². The summed E-state index contributed by atoms with van der Waals surface area (Å²) in [5, 5.41) is 9.07. The summed E-state index contributed by atoms with van der Waals surface area (Å²) in [6, 6.07) is 8.92. The summed E-state index contributed by atoms with van der Waals surface area (Å²) < 4.78 is 13.2. The average molecular weight is 462 g/mol. The number of nitrogens with one attached hydrogen (secondary N) is 3. The molecule has 1 aromatic carbocycles. The molecule has 4 rings (SSSR count). The van der Waals surface area contributed by atoms with Crippen LogP contribution >= 0.6 is 12.4 Å². The minimum Gasteiger partial charge on any atom is -0.384 e. The van der Waals surface area contributed by atoms with Crippen molar-refractivity contribution in [2.24, 2.45) is 0 Å². The second kappa shape index (κ2) is 10.3. The number of rotatable bonds is 5. The molecule has 0 radical (unpaired) electrons. The highest BCUT2D eigenvalue weighted by Gasteiger charge is 2.31. The SMILES string of the molecule is C[C@H](NC(=O)[C@H]1C[C@H](c2ccc(F)cc2)CCN1)C(=O)NC1CCc2nc(N)ccc21.Cl. The first-order valence-electron chi connectivity index (χ1n) is 10.8. The van der Waals surface area contributed by atoms with Gasteiger partial charge in [-0.05, 0) is 74.4 Å². The Morgan fingerprint density at radius 2 is 1.94 bits per heavy atom. The number of amides is 2. The summed E-state index contributed by atoms with van der Waals surface area (Å²) in [5.74, 6) is -0.0393. The fourth-order valence-electron chi connectivity index (χ4n) is 4.46. The maximum Gasteiger partial charge on any atom is 0.242 e. The van der Waals surface area contributed by atoms with Crippen molar-refractivity contribution in [3.8, 4) is 0 Å². The zero-order valence-corrected chi connectivity index (χ0v) is 18.8. The number of anilines is 1. The number of hydrogen-bond donors (Lipinski definition) is 4. The van der Waals surface area contributed by atoms with Crippen LogP contribution in [0.4, 0.5) is 10.2 Å². The van der Waals surface area contributed by atoms with Gasteiger partial charge in [0.2, 0.25) is 11.8 Å². The molecule has 0 spiro atoms. The molecule has 0 bridgehead atoms. The Morgan fingerprint density at radius 1 is 1.19 bits per heavy atom. The van der Waals surface area contributed by atoms with Crippen LogP contribution in [-0.4, -0.2) is 35.4 Å². The lowest BCUT2D eigenvalue weighted by atomic mass is 9.86. The highest BCUT2D eigenvalue weighted by Crippen LogP contribution is 2.30. The number of fused-ring (bicyclic) bond motifs is 1. The smallest absolute Gasteiger partial charge is 0.242 e. The first kappa shape index (κ1) is 23.9. The molecule has 172 valence electrons. The molecule has 7 nitrogen and oxygen atoms in total. The van der Waals surface area contributed by atoms with Gasteiger partial charge in [0.1, 0.15) is 17.7 Å². The van der Waals surface area contributed by atoms with Gasteiger partial charge in [0, 0.05) is 5.69 Å². The van der Waals surface area contributed by atoms with E-state index in [-0.39, 0.29) is 42.0 Å². The summed E-state index contributed by atoms with van der Waals surface area (Å²) in [4.78, 5) is 29.8. The second-order valence-corrected chi connectivity index (χ2v) is 8.38. The molecule has 2 heterocycles. The fraction of sp³-hybridized carbons (Fsp3) is 0.435. The number of nitrogens with zero attached hydrogens (tertiary/aromatic N) is 1. The van der Waals surface area contributed by atoms with Crippen LogP contribution in [0.2, 0.25) is 0 Å². The monoisotopic (exact) mass is 461 g/mol. The van der Waals surface area contributed by atoms with Crippen molar-refractivity contribution in [1.82, 2.24) is 20.9 Å². The van der Waals surface area contributed by atoms with Crippen LogP contribution in [0.3, 0.4) is 0 Å². The van der Waals surface area contributed by atoms with Crippen molar-refractivity contribution in [2.75, 3.05) is 12.3 Å². The summed E-state index contributed by atoms with van der Waals surface area (Å²) in [6.07, 6.45) is 3.02. The van der Waals surface area contributed by atoms with E-state index in [4.69, 9.17) is 5.73 Å². The Morgan fingerprint density at radius 3 is 2.69 bits per heavy atom. The third-order valence-corrected chi connectivity index (χ3v) is 6.21. The molecule has 32 heavy (non-hydrogen) atoms. The normalized spacial score (nSPS) is 22.9. The van der Waals surface area contributed by atoms with E-state index in [1.165, 1.54) is 12.1 Å². The Hall–Kier alpha value is -2.71. The molecular formula is C23H29ClFN5O2. The first-order valence-corrected chi connectivity index (χ1v) is 10.8. The molecule has 2 aliphatic rings. The number of nitrogens with two attached hydrogens (primary N) is 1. The van der Waals surface area contributed by atoms with Crippen LogP contribution in [0.1, 0.15) is 55.0 Å². The predicted octanol–water partition coefficient (Wildman–Crippen LogP) is 2.37. The van der Waals surface area contributed by atoms with Gasteiger partial charge < -0.3 is 21.7 Å². The summed E-state index contributed by atoms with van der Waals surface area (Å²) >= 11 is 0. The average Bonchev–Trinajstić information content (AvgIpc) is 3.15. The maximum absolute atomic E-state index is 13.2. The summed E-state index contributed by atoms with van der Waals surface area (Å²) in [7, 11) is 0. The number of carbonyl (C=O) groups excluding carboxylic acids is 2. The molecule has 1 aliphatic carbocycles. The van der Waals surface area contributed by atoms with Gasteiger partial charge in [-0.25, -0.2) is 9.37 Å². The van der Waals surface area contributed by atoms with E-state index >= 15 is 0 Å². The number of halogens is 2. The molecule has 9 heteroatoms. The lowest BCUT2D eigenvalue weighted by Gasteiger charge is -2.30. The van der Waals surface area contributed by atoms with Crippen LogP contribution in [0.15, 0.2) is 36.4 Å². The molecule has 1 unspecified atom stereocenters. The quantitative estimate of drug-likeness (QED) is 0.546. The maximum atomic E-state index is 13.2. The Bertz CT molecular complexity index is 971. The van der Waals surface area contributed by atoms with Crippen LogP contribution in [0.5, 0.6) is 0 Å². The number of piperidine rings is 1. The van der Waals surface area contributed by atoms with Crippen LogP contribution in [0, 0.1) is 5.82 Å². The molecule has 1 saturated heterocycles. The molecule has 4 atom stereocenters. The zero-order valence-electron chi connectivity index (χ0n) is 17.9. The van der Waals surface area contributed by atoms with Crippen molar-refractivity contribution >= 4 is 30.0 Å². The highest BCUT2D eigenvalue weighted by molar-refractivity contribution is 5.89. The largest absolute Gasteiger partial charge is 0.384 e. The molecule has 1 aliphatic heterocycles. The van der Waals surface area contributed by atoms with Gasteiger partial charge in [-0.1, -0.05) is 18.2 Å². The number of carbonyl (C=O) groups is 2. The molecule has 2 amide bonds. The molecule has 1 aromatic heterocycles. The number of pyridine rings is 1. The van der Waals surface area contributed by atoms with Crippen molar-refractivity contribution in [2.45, 2.75) is 56.7 Å². The topological polar surface area (TPSA) is 109 Å². The number of benzene rings is 1. The van der Waals surface area contributed by atoms with Crippen molar-refractivity contribution in [3.63, 3.8) is 0 Å². The molecular weight excluding hydrogens is 433 g/mol. The van der Waals surface area contributed by atoms with E-state index in [9.17, 15) is 14.0 Å². The van der Waals surface area contributed by atoms with Gasteiger partial charge in [-0.15, -0.1) is 12.4 Å². The third kappa shape index (κ3) is 5.37. The summed E-state index contributed by atoms with van der Waals surface area (Å²) in [6.45, 7) is 2.38. The van der Waals surface area contributed by atoms with Crippen LogP contribution < -0.4 is 21.7 Å². The van der Waals surface area contributed by atoms with Gasteiger partial charge in [0.15, 0.2) is 0 Å². The van der Waals surface area contributed by atoms with E-state index in [0.717, 1.165) is 36.1 Å². The Labute approximate surface area is 193 Å². The van der Waals surface area contributed by atoms with E-state index < -0.39 is 12.1 Å². The number of aromatic nitrogens is 1. The molecule has 5 N–H and O–H groups in total. The van der Waals surface area contributed by atoms with Gasteiger partial charge in [-0.3, -0.25) is 9.59 Å². The second-order valence-electron chi connectivity index (χ2n) is 8.38. The Balaban J connectivity index is 0.00000289. The van der Waals surface area contributed by atoms with Gasteiger partial charge in [0.05, 0.1) is 12.1 Å². The van der Waals surface area contributed by atoms with Crippen molar-refractivity contribution in [3.05, 3.63) is 59.0 Å². The lowest BCUT2D eigenvalue weighted by Crippen LogP contribution is -2.53. The minimum absolute atomic E-state index is 0. The molecule has 0 saturated carbocycles. The predicted molar refractivity (Wildman–Crippen MR) is 123 cm³/mol. The standard InChI is InChI=1S/C23H28FN5O2.ClH/c1-13(22(30)29-19-8-7-18-17(19)6-9-21(25)28-18)27-23(31)20-12-15(10-11-26-20)14-2-4-16(24)5-3-14;/h2-6,9,13,15,19-20,26H,7-8,10-12H2,1H3,(H2,25,28)(H,27,31)(H,29,30);1H/t13-,15+,19?,20+;/m0./s1. The fourth-order valence-corrected chi connectivity index (χ4v) is 4.46. The zero-order chi connectivity index (χ0) is 22.0. The van der Waals surface area contributed by atoms with Gasteiger partial charge in [0.25, 0.3) is 0 Å². The van der Waals surface area contributed by atoms with E-state index in [1.807, 2.05) is 6.07 Å². The number of nitrogen functional groups attached to an aromatic ring is 1. The summed E-state index contributed by atoms with van der Waals surface area (Å²) in [5.41, 5.74) is 8.67. The lowest BCUT2D eigenvalue weighted by molar-refractivity contribution is -0.130. The number of aryl methyl sites for hydroxylation is 1. The first-order chi connectivity index (χ1) is 14.9. The van der Waals surface area contributed by atoms with E-state index in [1.54, 1.807) is 25.1 Å². The van der Waals surface area contributed by atoms with E-state index in [2.05, 4.69) is 20.9 Å². The van der Waals surface area contributed by atoms with Crippen molar-refractivity contribution in [1.29, 1.82) is 0 Å². The Kier molecular flexibility index (Phi) is 7.69. The van der Waals surface area contributed by atoms with Crippen molar-refractivity contribution < 1.29 is 14.0 Å². The van der Waals surface area contributed by atoms with E-state index in [0.29, 0.717) is 18.8 Å². The number of hydrogen-bond acceptors (Lipinski definition) is 5. The van der Waals surface area contributed by atoms with Gasteiger partial charge >= 0.3 is 0 Å².